The number of benzene rings is 3. The van der Waals surface area contributed by atoms with E-state index in [4.69, 9.17) is 16.3 Å². The first-order chi connectivity index (χ1) is 14.5. The predicted molar refractivity (Wildman–Crippen MR) is 120 cm³/mol. The van der Waals surface area contributed by atoms with Crippen LogP contribution in [-0.2, 0) is 0 Å². The van der Waals surface area contributed by atoms with Gasteiger partial charge in [-0.2, -0.15) is 0 Å². The van der Waals surface area contributed by atoms with Crippen LogP contribution in [0.4, 0.5) is 0 Å². The molecule has 3 aromatic rings. The van der Waals surface area contributed by atoms with E-state index < -0.39 is 0 Å². The van der Waals surface area contributed by atoms with Crippen molar-refractivity contribution in [1.82, 2.24) is 5.32 Å². The number of quaternary nitrogens is 1. The van der Waals surface area contributed by atoms with E-state index in [1.807, 2.05) is 43.3 Å². The van der Waals surface area contributed by atoms with Gasteiger partial charge in [-0.3, -0.25) is 0 Å². The minimum atomic E-state index is -0.0800. The number of nitrogens with two attached hydrogens (primary N) is 1. The summed E-state index contributed by atoms with van der Waals surface area (Å²) in [4.78, 5) is 0. The summed E-state index contributed by atoms with van der Waals surface area (Å²) < 4.78 is 5.60. The largest absolute Gasteiger partial charge is 0.504 e. The summed E-state index contributed by atoms with van der Waals surface area (Å²) in [6.45, 7) is 4.50. The third kappa shape index (κ3) is 4.30. The highest BCUT2D eigenvalue weighted by atomic mass is 35.5. The maximum absolute atomic E-state index is 10.8. The first kappa shape index (κ1) is 20.3. The van der Waals surface area contributed by atoms with Gasteiger partial charge in [0.25, 0.3) is 0 Å². The molecule has 0 radical (unpaired) electrons. The zero-order valence-electron chi connectivity index (χ0n) is 17.1. The Kier molecular flexibility index (Phi) is 5.98. The second-order valence-electron chi connectivity index (χ2n) is 7.47. The Morgan fingerprint density at radius 1 is 1.03 bits per heavy atom. The standard InChI is InChI=1S/C25H25ClN2O2/c1-3-30-23-6-4-5-20(24(23)29)22-15-21(17-11-13-19(26)14-12-17)27-25(28-22)18-9-7-16(2)8-10-18/h4-15,22,25,27-29H,3H2,1-2H3/p+1. The van der Waals surface area contributed by atoms with Gasteiger partial charge in [-0.1, -0.05) is 59.6 Å². The Morgan fingerprint density at radius 3 is 2.47 bits per heavy atom. The average molecular weight is 422 g/mol. The lowest BCUT2D eigenvalue weighted by molar-refractivity contribution is -0.731. The molecular weight excluding hydrogens is 396 g/mol. The molecule has 5 heteroatoms. The molecule has 0 saturated carbocycles. The van der Waals surface area contributed by atoms with Crippen LogP contribution < -0.4 is 15.4 Å². The van der Waals surface area contributed by atoms with Gasteiger partial charge in [0.15, 0.2) is 17.7 Å². The summed E-state index contributed by atoms with van der Waals surface area (Å²) in [5.74, 6) is 0.701. The number of phenols is 1. The molecule has 0 spiro atoms. The molecule has 0 amide bonds. The van der Waals surface area contributed by atoms with Crippen LogP contribution in [0.3, 0.4) is 0 Å². The van der Waals surface area contributed by atoms with Crippen molar-refractivity contribution in [3.63, 3.8) is 0 Å². The van der Waals surface area contributed by atoms with Crippen molar-refractivity contribution in [2.75, 3.05) is 6.61 Å². The molecule has 3 aromatic carbocycles. The molecule has 1 heterocycles. The third-order valence-corrected chi connectivity index (χ3v) is 5.59. The molecule has 0 bridgehead atoms. The summed E-state index contributed by atoms with van der Waals surface area (Å²) in [5, 5.41) is 17.4. The Labute approximate surface area is 182 Å². The van der Waals surface area contributed by atoms with Gasteiger partial charge in [0.05, 0.1) is 12.2 Å². The highest BCUT2D eigenvalue weighted by Crippen LogP contribution is 2.35. The van der Waals surface area contributed by atoms with Crippen LogP contribution in [0.5, 0.6) is 11.5 Å². The maximum atomic E-state index is 10.8. The van der Waals surface area contributed by atoms with Gasteiger partial charge < -0.3 is 20.5 Å². The van der Waals surface area contributed by atoms with Crippen LogP contribution in [-0.4, -0.2) is 11.7 Å². The molecule has 2 unspecified atom stereocenters. The number of rotatable bonds is 5. The van der Waals surface area contributed by atoms with Gasteiger partial charge >= 0.3 is 0 Å². The molecule has 154 valence electrons. The van der Waals surface area contributed by atoms with Gasteiger partial charge in [-0.15, -0.1) is 0 Å². The van der Waals surface area contributed by atoms with E-state index in [0.717, 1.165) is 16.8 Å². The van der Waals surface area contributed by atoms with Gasteiger partial charge in [-0.25, -0.2) is 0 Å². The van der Waals surface area contributed by atoms with Crippen molar-refractivity contribution in [1.29, 1.82) is 0 Å². The van der Waals surface area contributed by atoms with E-state index in [1.54, 1.807) is 6.07 Å². The van der Waals surface area contributed by atoms with Crippen molar-refractivity contribution in [3.05, 3.63) is 100 Å². The van der Waals surface area contributed by atoms with Crippen molar-refractivity contribution >= 4 is 17.3 Å². The molecule has 1 aliphatic rings. The Balaban J connectivity index is 1.75. The normalized spacial score (nSPS) is 18.4. The summed E-state index contributed by atoms with van der Waals surface area (Å²) in [6, 6.07) is 21.9. The average Bonchev–Trinajstić information content (AvgIpc) is 2.76. The maximum Gasteiger partial charge on any atom is 0.186 e. The lowest BCUT2D eigenvalue weighted by Crippen LogP contribution is -2.89. The van der Waals surface area contributed by atoms with E-state index in [-0.39, 0.29) is 18.0 Å². The minimum absolute atomic E-state index is 0.00132. The van der Waals surface area contributed by atoms with E-state index >= 15 is 0 Å². The van der Waals surface area contributed by atoms with Crippen molar-refractivity contribution in [3.8, 4) is 11.5 Å². The van der Waals surface area contributed by atoms with Gasteiger partial charge in [0, 0.05) is 22.4 Å². The fraction of sp³-hybridized carbons (Fsp3) is 0.200. The van der Waals surface area contributed by atoms with Crippen molar-refractivity contribution < 1.29 is 15.2 Å². The van der Waals surface area contributed by atoms with Crippen molar-refractivity contribution in [2.24, 2.45) is 0 Å². The Morgan fingerprint density at radius 2 is 1.77 bits per heavy atom. The Bertz CT molecular complexity index is 1050. The number of ether oxygens (including phenoxy) is 1. The highest BCUT2D eigenvalue weighted by Gasteiger charge is 2.30. The smallest absolute Gasteiger partial charge is 0.186 e. The fourth-order valence-corrected chi connectivity index (χ4v) is 3.88. The number of aromatic hydroxyl groups is 1. The molecule has 30 heavy (non-hydrogen) atoms. The van der Waals surface area contributed by atoms with E-state index in [9.17, 15) is 5.11 Å². The first-order valence-corrected chi connectivity index (χ1v) is 10.5. The Hall–Kier alpha value is -2.95. The van der Waals surface area contributed by atoms with Crippen molar-refractivity contribution in [2.45, 2.75) is 26.1 Å². The van der Waals surface area contributed by atoms with E-state index in [0.29, 0.717) is 17.4 Å². The number of nitrogens with one attached hydrogen (secondary N) is 1. The second-order valence-corrected chi connectivity index (χ2v) is 7.90. The number of aryl methyl sites for hydroxylation is 1. The molecule has 0 aromatic heterocycles. The van der Waals surface area contributed by atoms with Crippen LogP contribution in [0, 0.1) is 6.92 Å². The summed E-state index contributed by atoms with van der Waals surface area (Å²) >= 11 is 6.09. The van der Waals surface area contributed by atoms with Crippen LogP contribution >= 0.6 is 11.6 Å². The predicted octanol–water partition coefficient (Wildman–Crippen LogP) is 4.70. The number of halogens is 1. The summed E-state index contributed by atoms with van der Waals surface area (Å²) in [6.07, 6.45) is 2.14. The molecule has 2 atom stereocenters. The molecule has 4 nitrogen and oxygen atoms in total. The number of phenolic OH excluding ortho intramolecular Hbond substituents is 1. The fourth-order valence-electron chi connectivity index (χ4n) is 3.76. The lowest BCUT2D eigenvalue weighted by atomic mass is 9.97. The molecule has 0 saturated heterocycles. The van der Waals surface area contributed by atoms with Gasteiger partial charge in [0.2, 0.25) is 0 Å². The highest BCUT2D eigenvalue weighted by molar-refractivity contribution is 6.30. The summed E-state index contributed by atoms with van der Waals surface area (Å²) in [7, 11) is 0. The monoisotopic (exact) mass is 421 g/mol. The molecule has 4 rings (SSSR count). The SMILES string of the molecule is CCOc1cccc(C2C=C(c3ccc(Cl)cc3)NC(c3ccc(C)cc3)[NH2+]2)c1O. The zero-order chi connectivity index (χ0) is 21.1. The third-order valence-electron chi connectivity index (χ3n) is 5.34. The van der Waals surface area contributed by atoms with E-state index in [2.05, 4.69) is 47.9 Å². The number of hydrogen-bond donors (Lipinski definition) is 3. The molecule has 4 N–H and O–H groups in total. The van der Waals surface area contributed by atoms with Crippen LogP contribution in [0.25, 0.3) is 5.70 Å². The molecular formula is C25H26ClN2O2+. The quantitative estimate of drug-likeness (QED) is 0.559. The number of hydrogen-bond acceptors (Lipinski definition) is 3. The van der Waals surface area contributed by atoms with Crippen LogP contribution in [0.2, 0.25) is 5.02 Å². The second kappa shape index (κ2) is 8.82. The van der Waals surface area contributed by atoms with Crippen LogP contribution in [0.1, 0.15) is 41.4 Å². The molecule has 0 fully saturated rings. The first-order valence-electron chi connectivity index (χ1n) is 10.2. The van der Waals surface area contributed by atoms with Crippen LogP contribution in [0.15, 0.2) is 72.8 Å². The topological polar surface area (TPSA) is 58.1 Å². The molecule has 0 aliphatic carbocycles. The van der Waals surface area contributed by atoms with E-state index in [1.165, 1.54) is 11.1 Å². The molecule has 1 aliphatic heterocycles. The summed E-state index contributed by atoms with van der Waals surface area (Å²) in [5.41, 5.74) is 5.28. The number of para-hydroxylation sites is 1. The van der Waals surface area contributed by atoms with Gasteiger partial charge in [0.1, 0.15) is 6.04 Å². The zero-order valence-corrected chi connectivity index (χ0v) is 17.9. The van der Waals surface area contributed by atoms with Gasteiger partial charge in [-0.05, 0) is 43.7 Å². The lowest BCUT2D eigenvalue weighted by Gasteiger charge is -2.30. The minimum Gasteiger partial charge on any atom is -0.504 e.